The average Bonchev–Trinajstić information content (AvgIpc) is 2.53. The predicted octanol–water partition coefficient (Wildman–Crippen LogP) is 3.83. The first-order valence-corrected chi connectivity index (χ1v) is 7.19. The lowest BCUT2D eigenvalue weighted by Gasteiger charge is -2.17. The number of hydrogen-bond donors (Lipinski definition) is 1. The quantitative estimate of drug-likeness (QED) is 0.846. The van der Waals surface area contributed by atoms with Crippen LogP contribution in [0.3, 0.4) is 0 Å². The molecule has 1 amide bonds. The van der Waals surface area contributed by atoms with Gasteiger partial charge in [-0.15, -0.1) is 0 Å². The standard InChI is InChI=1S/C18H21NO/c1-2-17(14-13-15-9-5-3-6-10-15)19-18(20)16-11-7-4-8-12-16/h3-12,17H,2,13-14H2,1H3,(H,19,20). The van der Waals surface area contributed by atoms with Gasteiger partial charge in [-0.1, -0.05) is 55.5 Å². The van der Waals surface area contributed by atoms with Crippen LogP contribution in [0, 0.1) is 0 Å². The highest BCUT2D eigenvalue weighted by atomic mass is 16.1. The van der Waals surface area contributed by atoms with E-state index in [1.807, 2.05) is 36.4 Å². The van der Waals surface area contributed by atoms with Crippen LogP contribution in [0.2, 0.25) is 0 Å². The van der Waals surface area contributed by atoms with Gasteiger partial charge in [0.2, 0.25) is 0 Å². The second-order valence-corrected chi connectivity index (χ2v) is 4.97. The fraction of sp³-hybridized carbons (Fsp3) is 0.278. The molecule has 0 fully saturated rings. The lowest BCUT2D eigenvalue weighted by Crippen LogP contribution is -2.34. The molecule has 0 radical (unpaired) electrons. The molecule has 2 rings (SSSR count). The lowest BCUT2D eigenvalue weighted by molar-refractivity contribution is 0.0934. The molecule has 0 aliphatic heterocycles. The van der Waals surface area contributed by atoms with Crippen LogP contribution in [0.15, 0.2) is 60.7 Å². The summed E-state index contributed by atoms with van der Waals surface area (Å²) in [5, 5.41) is 3.11. The maximum Gasteiger partial charge on any atom is 0.251 e. The number of amides is 1. The van der Waals surface area contributed by atoms with Crippen molar-refractivity contribution in [2.75, 3.05) is 0 Å². The first-order chi connectivity index (χ1) is 9.79. The SMILES string of the molecule is CCC(CCc1ccccc1)NC(=O)c1ccccc1. The number of carbonyl (C=O) groups excluding carboxylic acids is 1. The summed E-state index contributed by atoms with van der Waals surface area (Å²) in [4.78, 5) is 12.1. The van der Waals surface area contributed by atoms with E-state index in [2.05, 4.69) is 36.5 Å². The van der Waals surface area contributed by atoms with Gasteiger partial charge in [0.25, 0.3) is 5.91 Å². The molecule has 0 spiro atoms. The first kappa shape index (κ1) is 14.3. The Morgan fingerprint density at radius 2 is 1.60 bits per heavy atom. The molecule has 0 heterocycles. The van der Waals surface area contributed by atoms with Crippen molar-refractivity contribution in [3.63, 3.8) is 0 Å². The number of rotatable bonds is 6. The number of benzene rings is 2. The van der Waals surface area contributed by atoms with E-state index in [4.69, 9.17) is 0 Å². The van der Waals surface area contributed by atoms with E-state index < -0.39 is 0 Å². The molecule has 2 nitrogen and oxygen atoms in total. The molecule has 1 unspecified atom stereocenters. The summed E-state index contributed by atoms with van der Waals surface area (Å²) >= 11 is 0. The van der Waals surface area contributed by atoms with Crippen LogP contribution in [0.4, 0.5) is 0 Å². The van der Waals surface area contributed by atoms with E-state index in [0.29, 0.717) is 0 Å². The Morgan fingerprint density at radius 1 is 1.00 bits per heavy atom. The molecule has 2 heteroatoms. The van der Waals surface area contributed by atoms with Crippen molar-refractivity contribution < 1.29 is 4.79 Å². The van der Waals surface area contributed by atoms with Gasteiger partial charge in [0.15, 0.2) is 0 Å². The third-order valence-corrected chi connectivity index (χ3v) is 3.49. The fourth-order valence-corrected chi connectivity index (χ4v) is 2.22. The third-order valence-electron chi connectivity index (χ3n) is 3.49. The van der Waals surface area contributed by atoms with E-state index in [9.17, 15) is 4.79 Å². The Labute approximate surface area is 120 Å². The molecule has 0 saturated carbocycles. The van der Waals surface area contributed by atoms with Crippen LogP contribution in [0.1, 0.15) is 35.7 Å². The molecule has 1 atom stereocenters. The van der Waals surface area contributed by atoms with E-state index >= 15 is 0 Å². The van der Waals surface area contributed by atoms with Gasteiger partial charge in [0.05, 0.1) is 0 Å². The summed E-state index contributed by atoms with van der Waals surface area (Å²) in [5.74, 6) is 0.0190. The van der Waals surface area contributed by atoms with Crippen molar-refractivity contribution in [2.45, 2.75) is 32.2 Å². The van der Waals surface area contributed by atoms with Crippen molar-refractivity contribution in [1.82, 2.24) is 5.32 Å². The summed E-state index contributed by atoms with van der Waals surface area (Å²) in [6, 6.07) is 20.0. The maximum atomic E-state index is 12.1. The number of carbonyl (C=O) groups is 1. The Morgan fingerprint density at radius 3 is 2.20 bits per heavy atom. The van der Waals surface area contributed by atoms with Gasteiger partial charge in [-0.05, 0) is 37.0 Å². The molecule has 0 saturated heterocycles. The summed E-state index contributed by atoms with van der Waals surface area (Å²) in [5.41, 5.74) is 2.05. The van der Waals surface area contributed by atoms with Crippen LogP contribution in [0.5, 0.6) is 0 Å². The monoisotopic (exact) mass is 267 g/mol. The molecule has 104 valence electrons. The van der Waals surface area contributed by atoms with Gasteiger partial charge in [0, 0.05) is 11.6 Å². The molecule has 0 bridgehead atoms. The highest BCUT2D eigenvalue weighted by molar-refractivity contribution is 5.94. The maximum absolute atomic E-state index is 12.1. The molecular formula is C18H21NO. The van der Waals surface area contributed by atoms with Gasteiger partial charge in [0.1, 0.15) is 0 Å². The normalized spacial score (nSPS) is 11.8. The van der Waals surface area contributed by atoms with Gasteiger partial charge in [-0.3, -0.25) is 4.79 Å². The highest BCUT2D eigenvalue weighted by Crippen LogP contribution is 2.08. The Bertz CT molecular complexity index is 522. The second kappa shape index (κ2) is 7.49. The predicted molar refractivity (Wildman–Crippen MR) is 82.8 cm³/mol. The van der Waals surface area contributed by atoms with Crippen molar-refractivity contribution in [3.05, 3.63) is 71.8 Å². The minimum Gasteiger partial charge on any atom is -0.349 e. The molecule has 0 aromatic heterocycles. The molecule has 0 aliphatic carbocycles. The van der Waals surface area contributed by atoms with Crippen LogP contribution in [0.25, 0.3) is 0 Å². The van der Waals surface area contributed by atoms with Gasteiger partial charge in [-0.25, -0.2) is 0 Å². The molecule has 1 N–H and O–H groups in total. The molecule has 2 aromatic rings. The summed E-state index contributed by atoms with van der Waals surface area (Å²) in [6.45, 7) is 2.11. The third kappa shape index (κ3) is 4.23. The molecular weight excluding hydrogens is 246 g/mol. The fourth-order valence-electron chi connectivity index (χ4n) is 2.22. The lowest BCUT2D eigenvalue weighted by atomic mass is 10.0. The zero-order valence-corrected chi connectivity index (χ0v) is 11.9. The summed E-state index contributed by atoms with van der Waals surface area (Å²) in [7, 11) is 0. The summed E-state index contributed by atoms with van der Waals surface area (Å²) in [6.07, 6.45) is 2.92. The molecule has 20 heavy (non-hydrogen) atoms. The Hall–Kier alpha value is -2.09. The highest BCUT2D eigenvalue weighted by Gasteiger charge is 2.11. The average molecular weight is 267 g/mol. The number of aryl methyl sites for hydroxylation is 1. The van der Waals surface area contributed by atoms with E-state index in [-0.39, 0.29) is 11.9 Å². The van der Waals surface area contributed by atoms with Crippen LogP contribution >= 0.6 is 0 Å². The zero-order chi connectivity index (χ0) is 14.2. The van der Waals surface area contributed by atoms with Crippen LogP contribution in [-0.2, 0) is 6.42 Å². The summed E-state index contributed by atoms with van der Waals surface area (Å²) < 4.78 is 0. The minimum atomic E-state index is 0.0190. The Kier molecular flexibility index (Phi) is 5.36. The van der Waals surface area contributed by atoms with Crippen molar-refractivity contribution in [3.8, 4) is 0 Å². The molecule has 0 aliphatic rings. The topological polar surface area (TPSA) is 29.1 Å². The Balaban J connectivity index is 1.88. The van der Waals surface area contributed by atoms with E-state index in [1.54, 1.807) is 0 Å². The van der Waals surface area contributed by atoms with E-state index in [1.165, 1.54) is 5.56 Å². The van der Waals surface area contributed by atoms with Gasteiger partial charge in [-0.2, -0.15) is 0 Å². The van der Waals surface area contributed by atoms with Crippen LogP contribution in [-0.4, -0.2) is 11.9 Å². The first-order valence-electron chi connectivity index (χ1n) is 7.19. The zero-order valence-electron chi connectivity index (χ0n) is 11.9. The van der Waals surface area contributed by atoms with Gasteiger partial charge >= 0.3 is 0 Å². The minimum absolute atomic E-state index is 0.0190. The van der Waals surface area contributed by atoms with Crippen molar-refractivity contribution in [2.24, 2.45) is 0 Å². The van der Waals surface area contributed by atoms with E-state index in [0.717, 1.165) is 24.8 Å². The smallest absolute Gasteiger partial charge is 0.251 e. The van der Waals surface area contributed by atoms with Gasteiger partial charge < -0.3 is 5.32 Å². The largest absolute Gasteiger partial charge is 0.349 e. The molecule has 2 aromatic carbocycles. The van der Waals surface area contributed by atoms with Crippen LogP contribution < -0.4 is 5.32 Å². The number of nitrogens with one attached hydrogen (secondary N) is 1. The van der Waals surface area contributed by atoms with Crippen molar-refractivity contribution in [1.29, 1.82) is 0 Å². The number of hydrogen-bond acceptors (Lipinski definition) is 1. The van der Waals surface area contributed by atoms with Crippen molar-refractivity contribution >= 4 is 5.91 Å². The second-order valence-electron chi connectivity index (χ2n) is 4.97.